The molecule has 3 aromatic carbocycles. The molecule has 12 nitrogen and oxygen atoms in total. The highest BCUT2D eigenvalue weighted by Crippen LogP contribution is 2.26. The molecule has 0 spiro atoms. The molecule has 49 heavy (non-hydrogen) atoms. The molecule has 12 heteroatoms. The summed E-state index contributed by atoms with van der Waals surface area (Å²) < 4.78 is 1.89. The topological polar surface area (TPSA) is 161 Å². The average molecular weight is 666 g/mol. The predicted molar refractivity (Wildman–Crippen MR) is 186 cm³/mol. The van der Waals surface area contributed by atoms with Gasteiger partial charge in [0.1, 0.15) is 6.04 Å². The van der Waals surface area contributed by atoms with Crippen molar-refractivity contribution >= 4 is 40.4 Å². The Balaban J connectivity index is 1.69. The first-order valence-corrected chi connectivity index (χ1v) is 16.3. The van der Waals surface area contributed by atoms with Gasteiger partial charge in [0.2, 0.25) is 23.7 Å². The Kier molecular flexibility index (Phi) is 12.6. The molecule has 0 aliphatic carbocycles. The number of nitrogens with zero attached hydrogens (tertiary/aromatic N) is 5. The van der Waals surface area contributed by atoms with Crippen LogP contribution in [0.3, 0.4) is 0 Å². The number of benzene rings is 3. The predicted octanol–water partition coefficient (Wildman–Crippen LogP) is 3.93. The summed E-state index contributed by atoms with van der Waals surface area (Å²) in [6, 6.07) is 21.5. The molecular formula is C37H43N7O5. The zero-order valence-electron chi connectivity index (χ0n) is 28.3. The van der Waals surface area contributed by atoms with E-state index in [1.807, 2.05) is 71.0 Å². The van der Waals surface area contributed by atoms with Gasteiger partial charge >= 0.3 is 5.97 Å². The second-order valence-electron chi connectivity index (χ2n) is 12.2. The third-order valence-corrected chi connectivity index (χ3v) is 8.59. The number of aliphatic carboxylic acids is 1. The molecule has 3 N–H and O–H groups in total. The van der Waals surface area contributed by atoms with E-state index in [9.17, 15) is 29.5 Å². The van der Waals surface area contributed by atoms with Crippen molar-refractivity contribution in [2.24, 2.45) is 5.92 Å². The van der Waals surface area contributed by atoms with E-state index >= 15 is 0 Å². The van der Waals surface area contributed by atoms with Crippen LogP contribution in [0.4, 0.5) is 5.95 Å². The average Bonchev–Trinajstić information content (AvgIpc) is 3.53. The lowest BCUT2D eigenvalue weighted by atomic mass is 9.96. The Morgan fingerprint density at radius 3 is 2.39 bits per heavy atom. The van der Waals surface area contributed by atoms with Crippen molar-refractivity contribution in [3.63, 3.8) is 0 Å². The SMILES string of the molecule is CC[C@H](C)[C@@H](CN(CC(=O)N[C@@H](CNC(C)=O)C(=O)O)Cc1cccc2ccccc12)N(C(C)=O)c1nccn1Cc1ccc(C#N)cc1. The van der Waals surface area contributed by atoms with Gasteiger partial charge in [-0.25, -0.2) is 9.78 Å². The molecule has 3 atom stereocenters. The first kappa shape index (κ1) is 36.3. The minimum atomic E-state index is -1.32. The van der Waals surface area contributed by atoms with Crippen LogP contribution in [0.15, 0.2) is 79.1 Å². The fraction of sp³-hybridized carbons (Fsp3) is 0.351. The molecule has 1 heterocycles. The summed E-state index contributed by atoms with van der Waals surface area (Å²) >= 11 is 0. The molecule has 0 bridgehead atoms. The van der Waals surface area contributed by atoms with Crippen LogP contribution in [-0.4, -0.2) is 75.0 Å². The smallest absolute Gasteiger partial charge is 0.328 e. The first-order valence-electron chi connectivity index (χ1n) is 16.3. The van der Waals surface area contributed by atoms with Crippen LogP contribution < -0.4 is 15.5 Å². The third-order valence-electron chi connectivity index (χ3n) is 8.59. The summed E-state index contributed by atoms with van der Waals surface area (Å²) in [4.78, 5) is 58.6. The largest absolute Gasteiger partial charge is 0.480 e. The number of hydrogen-bond donors (Lipinski definition) is 3. The maximum atomic E-state index is 13.5. The maximum Gasteiger partial charge on any atom is 0.328 e. The highest BCUT2D eigenvalue weighted by atomic mass is 16.4. The van der Waals surface area contributed by atoms with E-state index in [0.29, 0.717) is 24.6 Å². The number of nitrogens with one attached hydrogen (secondary N) is 2. The van der Waals surface area contributed by atoms with Crippen LogP contribution in [0.25, 0.3) is 10.8 Å². The first-order chi connectivity index (χ1) is 23.5. The van der Waals surface area contributed by atoms with Gasteiger partial charge in [-0.15, -0.1) is 0 Å². The number of carboxylic acid groups (broad SMARTS) is 1. The zero-order chi connectivity index (χ0) is 35.5. The number of rotatable bonds is 16. The molecule has 0 unspecified atom stereocenters. The Labute approximate surface area is 286 Å². The molecule has 256 valence electrons. The molecule has 1 aromatic heterocycles. The van der Waals surface area contributed by atoms with Crippen molar-refractivity contribution in [2.45, 2.75) is 59.3 Å². The maximum absolute atomic E-state index is 13.5. The normalized spacial score (nSPS) is 12.9. The number of imidazole rings is 1. The summed E-state index contributed by atoms with van der Waals surface area (Å²) in [6.45, 7) is 7.50. The standard InChI is InChI=1S/C37H43N7O5/c1-5-25(2)34(44(27(4)46)37-39-17-18-43(37)21-29-15-13-28(19-38)14-16-29)23-42(22-31-11-8-10-30-9-6-7-12-32(30)31)24-35(47)41-33(36(48)49)20-40-26(3)45/h6-18,25,33-34H,5,20-24H2,1-4H3,(H,40,45)(H,41,47)(H,48,49)/t25-,33-,34+/m0/s1. The Morgan fingerprint density at radius 1 is 1.02 bits per heavy atom. The van der Waals surface area contributed by atoms with Crippen molar-refractivity contribution in [3.8, 4) is 6.07 Å². The number of fused-ring (bicyclic) bond motifs is 1. The van der Waals surface area contributed by atoms with Crippen LogP contribution >= 0.6 is 0 Å². The number of nitriles is 1. The molecule has 0 aliphatic heterocycles. The summed E-state index contributed by atoms with van der Waals surface area (Å²) in [5.74, 6) is -1.98. The fourth-order valence-corrected chi connectivity index (χ4v) is 5.85. The number of hydrogen-bond acceptors (Lipinski definition) is 7. The van der Waals surface area contributed by atoms with Gasteiger partial charge in [-0.2, -0.15) is 5.26 Å². The van der Waals surface area contributed by atoms with E-state index in [1.54, 1.807) is 29.4 Å². The van der Waals surface area contributed by atoms with Crippen LogP contribution in [0.5, 0.6) is 0 Å². The van der Waals surface area contributed by atoms with E-state index < -0.39 is 29.9 Å². The van der Waals surface area contributed by atoms with Crippen LogP contribution in [0.1, 0.15) is 50.8 Å². The van der Waals surface area contributed by atoms with E-state index in [-0.39, 0.29) is 31.5 Å². The van der Waals surface area contributed by atoms with E-state index in [2.05, 4.69) is 28.6 Å². The molecule has 4 aromatic rings. The monoisotopic (exact) mass is 665 g/mol. The molecule has 4 rings (SSSR count). The lowest BCUT2D eigenvalue weighted by Crippen LogP contribution is -2.54. The quantitative estimate of drug-likeness (QED) is 0.162. The van der Waals surface area contributed by atoms with E-state index in [1.165, 1.54) is 13.8 Å². The molecule has 3 amide bonds. The Hall–Kier alpha value is -5.54. The van der Waals surface area contributed by atoms with Crippen LogP contribution in [0, 0.1) is 17.2 Å². The second-order valence-corrected chi connectivity index (χ2v) is 12.2. The molecular weight excluding hydrogens is 622 g/mol. The van der Waals surface area contributed by atoms with Gasteiger partial charge in [0, 0.05) is 45.9 Å². The number of carboxylic acids is 1. The van der Waals surface area contributed by atoms with Crippen molar-refractivity contribution < 1.29 is 24.3 Å². The van der Waals surface area contributed by atoms with Crippen molar-refractivity contribution in [1.29, 1.82) is 5.26 Å². The van der Waals surface area contributed by atoms with Gasteiger partial charge < -0.3 is 20.3 Å². The van der Waals surface area contributed by atoms with E-state index in [4.69, 9.17) is 0 Å². The second kappa shape index (κ2) is 17.0. The summed E-state index contributed by atoms with van der Waals surface area (Å²) in [6.07, 6.45) is 4.18. The lowest BCUT2D eigenvalue weighted by Gasteiger charge is -2.38. The highest BCUT2D eigenvalue weighted by Gasteiger charge is 2.33. The van der Waals surface area contributed by atoms with Gasteiger partial charge in [0.15, 0.2) is 0 Å². The highest BCUT2D eigenvalue weighted by molar-refractivity contribution is 5.90. The molecule has 0 saturated heterocycles. The number of aromatic nitrogens is 2. The van der Waals surface area contributed by atoms with Crippen molar-refractivity contribution in [3.05, 3.63) is 95.8 Å². The minimum Gasteiger partial charge on any atom is -0.480 e. The third kappa shape index (κ3) is 9.74. The van der Waals surface area contributed by atoms with Crippen LogP contribution in [0.2, 0.25) is 0 Å². The Morgan fingerprint density at radius 2 is 1.73 bits per heavy atom. The van der Waals surface area contributed by atoms with Gasteiger partial charge in [-0.3, -0.25) is 24.2 Å². The fourth-order valence-electron chi connectivity index (χ4n) is 5.85. The molecule has 0 saturated carbocycles. The Bertz CT molecular complexity index is 1810. The molecule has 0 aliphatic rings. The summed E-state index contributed by atoms with van der Waals surface area (Å²) in [5, 5.41) is 26.0. The number of carbonyl (C=O) groups is 4. The van der Waals surface area contributed by atoms with Gasteiger partial charge in [0.05, 0.1) is 30.8 Å². The minimum absolute atomic E-state index is 0.0198. The molecule has 0 fully saturated rings. The lowest BCUT2D eigenvalue weighted by molar-refractivity contribution is -0.142. The summed E-state index contributed by atoms with van der Waals surface area (Å²) in [5.41, 5.74) is 2.46. The van der Waals surface area contributed by atoms with Crippen molar-refractivity contribution in [2.75, 3.05) is 24.5 Å². The summed E-state index contributed by atoms with van der Waals surface area (Å²) in [7, 11) is 0. The van der Waals surface area contributed by atoms with E-state index in [0.717, 1.165) is 28.3 Å². The number of anilines is 1. The molecule has 0 radical (unpaired) electrons. The van der Waals surface area contributed by atoms with Crippen LogP contribution in [-0.2, 0) is 32.3 Å². The van der Waals surface area contributed by atoms with Gasteiger partial charge in [0.25, 0.3) is 0 Å². The number of carbonyl (C=O) groups excluding carboxylic acids is 3. The van der Waals surface area contributed by atoms with Gasteiger partial charge in [-0.05, 0) is 39.9 Å². The zero-order valence-corrected chi connectivity index (χ0v) is 28.3. The van der Waals surface area contributed by atoms with Gasteiger partial charge in [-0.1, -0.05) is 74.9 Å². The number of amides is 3. The van der Waals surface area contributed by atoms with Crippen molar-refractivity contribution in [1.82, 2.24) is 25.1 Å².